The summed E-state index contributed by atoms with van der Waals surface area (Å²) in [6, 6.07) is 13.8. The molecular weight excluding hydrogens is 318 g/mol. The summed E-state index contributed by atoms with van der Waals surface area (Å²) in [6.45, 7) is 3.44. The van der Waals surface area contributed by atoms with E-state index in [0.29, 0.717) is 6.61 Å². The van der Waals surface area contributed by atoms with Crippen molar-refractivity contribution in [3.8, 4) is 11.5 Å². The quantitative estimate of drug-likeness (QED) is 0.800. The maximum atomic E-state index is 5.65. The monoisotopic (exact) mass is 335 g/mol. The van der Waals surface area contributed by atoms with Crippen LogP contribution < -0.4 is 14.8 Å². The molecule has 2 aromatic rings. The van der Waals surface area contributed by atoms with E-state index in [1.807, 2.05) is 36.4 Å². The molecule has 0 amide bonds. The van der Waals surface area contributed by atoms with Crippen LogP contribution in [0.4, 0.5) is 5.69 Å². The van der Waals surface area contributed by atoms with Gasteiger partial charge in [0.1, 0.15) is 18.1 Å². The number of hydrogen-bond acceptors (Lipinski definition) is 3. The summed E-state index contributed by atoms with van der Waals surface area (Å²) in [5.41, 5.74) is 2.31. The van der Waals surface area contributed by atoms with Gasteiger partial charge in [0.15, 0.2) is 0 Å². The van der Waals surface area contributed by atoms with Crippen LogP contribution in [0.5, 0.6) is 11.5 Å². The van der Waals surface area contributed by atoms with Gasteiger partial charge in [-0.3, -0.25) is 0 Å². The molecule has 0 aliphatic rings. The Morgan fingerprint density at radius 2 is 1.75 bits per heavy atom. The Hall–Kier alpha value is -1.68. The number of halogens is 1. The highest BCUT2D eigenvalue weighted by Crippen LogP contribution is 2.20. The third-order valence-corrected chi connectivity index (χ3v) is 3.81. The van der Waals surface area contributed by atoms with Crippen molar-refractivity contribution < 1.29 is 9.47 Å². The molecular formula is C16H18BrNO2. The molecule has 0 bridgehead atoms. The molecule has 106 valence electrons. The predicted octanol–water partition coefficient (Wildman–Crippen LogP) is 4.26. The highest BCUT2D eigenvalue weighted by Gasteiger charge is 1.98. The average Bonchev–Trinajstić information content (AvgIpc) is 2.48. The third kappa shape index (κ3) is 4.17. The zero-order valence-corrected chi connectivity index (χ0v) is 13.2. The Bertz CT molecular complexity index is 555. The molecule has 0 unspecified atom stereocenters. The van der Waals surface area contributed by atoms with E-state index in [9.17, 15) is 0 Å². The fraction of sp³-hybridized carbons (Fsp3) is 0.250. The molecule has 0 fully saturated rings. The summed E-state index contributed by atoms with van der Waals surface area (Å²) < 4.78 is 11.9. The lowest BCUT2D eigenvalue weighted by Gasteiger charge is -2.10. The molecule has 0 radical (unpaired) electrons. The van der Waals surface area contributed by atoms with Crippen LogP contribution in [0, 0.1) is 6.92 Å². The number of ether oxygens (including phenoxy) is 2. The Labute approximate surface area is 128 Å². The SMILES string of the molecule is COc1ccc(OCCNc2ccc(Br)c(C)c2)cc1. The first kappa shape index (κ1) is 14.7. The first-order valence-corrected chi connectivity index (χ1v) is 7.25. The van der Waals surface area contributed by atoms with E-state index in [2.05, 4.69) is 34.2 Å². The minimum absolute atomic E-state index is 0.613. The van der Waals surface area contributed by atoms with Crippen molar-refractivity contribution in [2.75, 3.05) is 25.6 Å². The molecule has 0 heterocycles. The number of benzene rings is 2. The summed E-state index contributed by atoms with van der Waals surface area (Å²) in [6.07, 6.45) is 0. The molecule has 4 heteroatoms. The number of anilines is 1. The fourth-order valence-corrected chi connectivity index (χ4v) is 2.04. The summed E-state index contributed by atoms with van der Waals surface area (Å²) in [4.78, 5) is 0. The molecule has 0 aromatic heterocycles. The topological polar surface area (TPSA) is 30.5 Å². The van der Waals surface area contributed by atoms with Crippen LogP contribution in [0.1, 0.15) is 5.56 Å². The van der Waals surface area contributed by atoms with Gasteiger partial charge in [-0.1, -0.05) is 15.9 Å². The van der Waals surface area contributed by atoms with Gasteiger partial charge in [0.05, 0.1) is 7.11 Å². The van der Waals surface area contributed by atoms with Gasteiger partial charge in [-0.25, -0.2) is 0 Å². The van der Waals surface area contributed by atoms with E-state index in [1.165, 1.54) is 5.56 Å². The molecule has 0 spiro atoms. The highest BCUT2D eigenvalue weighted by atomic mass is 79.9. The molecule has 3 nitrogen and oxygen atoms in total. The zero-order chi connectivity index (χ0) is 14.4. The van der Waals surface area contributed by atoms with Gasteiger partial charge in [0.25, 0.3) is 0 Å². The summed E-state index contributed by atoms with van der Waals surface area (Å²) in [5.74, 6) is 1.68. The largest absolute Gasteiger partial charge is 0.497 e. The minimum atomic E-state index is 0.613. The van der Waals surface area contributed by atoms with Gasteiger partial charge >= 0.3 is 0 Å². The van der Waals surface area contributed by atoms with Crippen LogP contribution in [0.15, 0.2) is 46.9 Å². The molecule has 0 aliphatic heterocycles. The molecule has 0 saturated carbocycles. The van der Waals surface area contributed by atoms with Crippen LogP contribution in [-0.4, -0.2) is 20.3 Å². The molecule has 0 atom stereocenters. The Morgan fingerprint density at radius 3 is 2.40 bits per heavy atom. The third-order valence-electron chi connectivity index (χ3n) is 2.92. The first-order valence-electron chi connectivity index (χ1n) is 6.46. The molecule has 2 rings (SSSR count). The normalized spacial score (nSPS) is 10.2. The van der Waals surface area contributed by atoms with Crippen molar-refractivity contribution in [1.82, 2.24) is 0 Å². The van der Waals surface area contributed by atoms with Gasteiger partial charge in [-0.2, -0.15) is 0 Å². The number of methoxy groups -OCH3 is 1. The van der Waals surface area contributed by atoms with Crippen molar-refractivity contribution >= 4 is 21.6 Å². The van der Waals surface area contributed by atoms with Crippen molar-refractivity contribution in [3.63, 3.8) is 0 Å². The Morgan fingerprint density at radius 1 is 1.05 bits per heavy atom. The second-order valence-electron chi connectivity index (χ2n) is 4.41. The van der Waals surface area contributed by atoms with Gasteiger partial charge in [0.2, 0.25) is 0 Å². The fourth-order valence-electron chi connectivity index (χ4n) is 1.79. The van der Waals surface area contributed by atoms with Gasteiger partial charge in [0, 0.05) is 16.7 Å². The first-order chi connectivity index (χ1) is 9.69. The Kier molecular flexibility index (Phi) is 5.30. The van der Waals surface area contributed by atoms with E-state index in [0.717, 1.165) is 28.2 Å². The van der Waals surface area contributed by atoms with Crippen molar-refractivity contribution in [2.24, 2.45) is 0 Å². The second kappa shape index (κ2) is 7.20. The van der Waals surface area contributed by atoms with Crippen molar-refractivity contribution in [1.29, 1.82) is 0 Å². The molecule has 20 heavy (non-hydrogen) atoms. The molecule has 2 aromatic carbocycles. The smallest absolute Gasteiger partial charge is 0.119 e. The van der Waals surface area contributed by atoms with E-state index in [4.69, 9.17) is 9.47 Å². The molecule has 0 aliphatic carbocycles. The number of aryl methyl sites for hydroxylation is 1. The molecule has 0 saturated heterocycles. The van der Waals surface area contributed by atoms with E-state index in [-0.39, 0.29) is 0 Å². The minimum Gasteiger partial charge on any atom is -0.497 e. The maximum Gasteiger partial charge on any atom is 0.119 e. The highest BCUT2D eigenvalue weighted by molar-refractivity contribution is 9.10. The molecule has 1 N–H and O–H groups in total. The Balaban J connectivity index is 1.76. The average molecular weight is 336 g/mol. The number of rotatable bonds is 6. The van der Waals surface area contributed by atoms with Crippen LogP contribution in [0.25, 0.3) is 0 Å². The van der Waals surface area contributed by atoms with Crippen LogP contribution >= 0.6 is 15.9 Å². The van der Waals surface area contributed by atoms with Crippen molar-refractivity contribution in [3.05, 3.63) is 52.5 Å². The van der Waals surface area contributed by atoms with Gasteiger partial charge in [-0.05, 0) is 55.0 Å². The lowest BCUT2D eigenvalue weighted by atomic mass is 10.2. The summed E-state index contributed by atoms with van der Waals surface area (Å²) in [5, 5.41) is 3.33. The van der Waals surface area contributed by atoms with Crippen molar-refractivity contribution in [2.45, 2.75) is 6.92 Å². The van der Waals surface area contributed by atoms with Crippen LogP contribution in [0.2, 0.25) is 0 Å². The van der Waals surface area contributed by atoms with E-state index in [1.54, 1.807) is 7.11 Å². The van der Waals surface area contributed by atoms with Crippen LogP contribution in [0.3, 0.4) is 0 Å². The predicted molar refractivity (Wildman–Crippen MR) is 85.9 cm³/mol. The number of nitrogens with one attached hydrogen (secondary N) is 1. The summed E-state index contributed by atoms with van der Waals surface area (Å²) in [7, 11) is 1.65. The van der Waals surface area contributed by atoms with E-state index >= 15 is 0 Å². The van der Waals surface area contributed by atoms with E-state index < -0.39 is 0 Å². The van der Waals surface area contributed by atoms with Gasteiger partial charge < -0.3 is 14.8 Å². The zero-order valence-electron chi connectivity index (χ0n) is 11.7. The standard InChI is InChI=1S/C16H18BrNO2/c1-12-11-13(3-8-16(12)17)18-9-10-20-15-6-4-14(19-2)5-7-15/h3-8,11,18H,9-10H2,1-2H3. The number of hydrogen-bond donors (Lipinski definition) is 1. The lowest BCUT2D eigenvalue weighted by molar-refractivity contribution is 0.332. The lowest BCUT2D eigenvalue weighted by Crippen LogP contribution is -2.11. The maximum absolute atomic E-state index is 5.65. The van der Waals surface area contributed by atoms with Gasteiger partial charge in [-0.15, -0.1) is 0 Å². The van der Waals surface area contributed by atoms with Crippen LogP contribution in [-0.2, 0) is 0 Å². The summed E-state index contributed by atoms with van der Waals surface area (Å²) >= 11 is 3.49. The second-order valence-corrected chi connectivity index (χ2v) is 5.27.